The third-order valence-electron chi connectivity index (χ3n) is 3.94. The number of aryl methyl sites for hydroxylation is 1. The van der Waals surface area contributed by atoms with Gasteiger partial charge in [-0.3, -0.25) is 4.79 Å². The summed E-state index contributed by atoms with van der Waals surface area (Å²) in [5.41, 5.74) is 1.54. The minimum absolute atomic E-state index is 0.0136. The van der Waals surface area contributed by atoms with Gasteiger partial charge in [-0.05, 0) is 51.9 Å². The van der Waals surface area contributed by atoms with Crippen molar-refractivity contribution in [2.75, 3.05) is 32.0 Å². The number of rotatable bonds is 6. The van der Waals surface area contributed by atoms with Gasteiger partial charge >= 0.3 is 0 Å². The monoisotopic (exact) mass is 290 g/mol. The summed E-state index contributed by atoms with van der Waals surface area (Å²) in [6, 6.07) is 4.14. The zero-order chi connectivity index (χ0) is 15.2. The van der Waals surface area contributed by atoms with E-state index in [4.69, 9.17) is 0 Å². The number of hydrogen-bond donors (Lipinski definition) is 2. The molecule has 0 saturated carbocycles. The van der Waals surface area contributed by atoms with E-state index in [2.05, 4.69) is 34.5 Å². The average Bonchev–Trinajstić information content (AvgIpc) is 2.87. The third-order valence-corrected chi connectivity index (χ3v) is 3.94. The van der Waals surface area contributed by atoms with Crippen LogP contribution in [0.1, 0.15) is 42.2 Å². The van der Waals surface area contributed by atoms with E-state index in [1.807, 2.05) is 19.1 Å². The molecule has 2 heterocycles. The van der Waals surface area contributed by atoms with Gasteiger partial charge in [0.1, 0.15) is 5.82 Å². The highest BCUT2D eigenvalue weighted by Gasteiger charge is 2.21. The molecule has 0 aliphatic carbocycles. The molecule has 1 atom stereocenters. The lowest BCUT2D eigenvalue weighted by atomic mass is 10.2. The zero-order valence-electron chi connectivity index (χ0n) is 13.3. The summed E-state index contributed by atoms with van der Waals surface area (Å²) in [6.45, 7) is 6.73. The fourth-order valence-electron chi connectivity index (χ4n) is 2.69. The normalized spacial score (nSPS) is 18.7. The molecule has 5 nitrogen and oxygen atoms in total. The second-order valence-electron chi connectivity index (χ2n) is 5.80. The summed E-state index contributed by atoms with van der Waals surface area (Å²) < 4.78 is 0. The van der Waals surface area contributed by atoms with Gasteiger partial charge in [0, 0.05) is 30.4 Å². The number of hydrogen-bond acceptors (Lipinski definition) is 4. The van der Waals surface area contributed by atoms with E-state index in [1.54, 1.807) is 0 Å². The minimum atomic E-state index is -0.0136. The van der Waals surface area contributed by atoms with Crippen molar-refractivity contribution in [3.05, 3.63) is 23.4 Å². The van der Waals surface area contributed by atoms with E-state index in [0.717, 1.165) is 37.4 Å². The first-order valence-corrected chi connectivity index (χ1v) is 7.81. The molecule has 0 radical (unpaired) electrons. The van der Waals surface area contributed by atoms with Gasteiger partial charge in [-0.15, -0.1) is 0 Å². The van der Waals surface area contributed by atoms with Crippen LogP contribution in [0.25, 0.3) is 0 Å². The maximum absolute atomic E-state index is 12.3. The highest BCUT2D eigenvalue weighted by atomic mass is 16.1. The molecular weight excluding hydrogens is 264 g/mol. The van der Waals surface area contributed by atoms with Crippen LogP contribution in [-0.2, 0) is 0 Å². The number of nitrogens with zero attached hydrogens (tertiary/aromatic N) is 2. The molecule has 1 aromatic heterocycles. The third kappa shape index (κ3) is 4.43. The lowest BCUT2D eigenvalue weighted by molar-refractivity contribution is 0.0943. The molecule has 1 unspecified atom stereocenters. The van der Waals surface area contributed by atoms with E-state index < -0.39 is 0 Å². The Balaban J connectivity index is 1.96. The number of likely N-dealkylation sites (tertiary alicyclic amines) is 1. The Morgan fingerprint density at radius 2 is 2.29 bits per heavy atom. The quantitative estimate of drug-likeness (QED) is 0.842. The molecule has 5 heteroatoms. The number of likely N-dealkylation sites (N-methyl/N-ethyl adjacent to an activating group) is 1. The molecule has 1 saturated heterocycles. The smallest absolute Gasteiger partial charge is 0.251 e. The van der Waals surface area contributed by atoms with Crippen molar-refractivity contribution in [2.24, 2.45) is 0 Å². The Morgan fingerprint density at radius 1 is 1.48 bits per heavy atom. The van der Waals surface area contributed by atoms with E-state index in [-0.39, 0.29) is 5.91 Å². The van der Waals surface area contributed by atoms with Gasteiger partial charge in [0.15, 0.2) is 0 Å². The van der Waals surface area contributed by atoms with Gasteiger partial charge in [-0.1, -0.05) is 6.92 Å². The van der Waals surface area contributed by atoms with Crippen LogP contribution in [0.5, 0.6) is 0 Å². The maximum atomic E-state index is 12.3. The van der Waals surface area contributed by atoms with E-state index in [9.17, 15) is 4.79 Å². The standard InChI is InChI=1S/C16H26N4O/c1-4-7-17-15-10-13(9-12(2)19-15)16(21)18-11-14-6-5-8-20(14)3/h9-10,14H,4-8,11H2,1-3H3,(H,17,19)(H,18,21). The van der Waals surface area contributed by atoms with E-state index >= 15 is 0 Å². The van der Waals surface area contributed by atoms with Gasteiger partial charge in [0.05, 0.1) is 0 Å². The maximum Gasteiger partial charge on any atom is 0.251 e. The number of pyridine rings is 1. The molecule has 1 aliphatic rings. The molecule has 0 spiro atoms. The molecule has 2 N–H and O–H groups in total. The summed E-state index contributed by atoms with van der Waals surface area (Å²) >= 11 is 0. The van der Waals surface area contributed by atoms with Crippen LogP contribution in [0.4, 0.5) is 5.82 Å². The molecule has 21 heavy (non-hydrogen) atoms. The van der Waals surface area contributed by atoms with Crippen molar-refractivity contribution in [3.63, 3.8) is 0 Å². The average molecular weight is 290 g/mol. The Bertz CT molecular complexity index is 489. The first-order valence-electron chi connectivity index (χ1n) is 7.81. The van der Waals surface area contributed by atoms with Crippen LogP contribution in [0.3, 0.4) is 0 Å². The SMILES string of the molecule is CCCNc1cc(C(=O)NCC2CCCN2C)cc(C)n1. The van der Waals surface area contributed by atoms with Gasteiger partial charge in [-0.2, -0.15) is 0 Å². The van der Waals surface area contributed by atoms with Crippen LogP contribution in [0, 0.1) is 6.92 Å². The Labute approximate surface area is 127 Å². The van der Waals surface area contributed by atoms with Crippen molar-refractivity contribution < 1.29 is 4.79 Å². The van der Waals surface area contributed by atoms with Crippen LogP contribution in [0.2, 0.25) is 0 Å². The molecular formula is C16H26N4O. The first kappa shape index (κ1) is 15.8. The van der Waals surface area contributed by atoms with Crippen molar-refractivity contribution in [2.45, 2.75) is 39.2 Å². The van der Waals surface area contributed by atoms with Crippen LogP contribution in [-0.4, -0.2) is 48.5 Å². The van der Waals surface area contributed by atoms with Gasteiger partial charge in [-0.25, -0.2) is 4.98 Å². The second-order valence-corrected chi connectivity index (χ2v) is 5.80. The number of carbonyl (C=O) groups excluding carboxylic acids is 1. The van der Waals surface area contributed by atoms with Crippen LogP contribution >= 0.6 is 0 Å². The van der Waals surface area contributed by atoms with Gasteiger partial charge in [0.2, 0.25) is 0 Å². The summed E-state index contributed by atoms with van der Waals surface area (Å²) in [4.78, 5) is 19.0. The Hall–Kier alpha value is -1.62. The summed E-state index contributed by atoms with van der Waals surface area (Å²) in [5, 5.41) is 6.28. The largest absolute Gasteiger partial charge is 0.370 e. The number of aromatic nitrogens is 1. The van der Waals surface area contributed by atoms with Crippen LogP contribution < -0.4 is 10.6 Å². The Morgan fingerprint density at radius 3 is 2.95 bits per heavy atom. The van der Waals surface area contributed by atoms with Crippen LogP contribution in [0.15, 0.2) is 12.1 Å². The fraction of sp³-hybridized carbons (Fsp3) is 0.625. The van der Waals surface area contributed by atoms with Crippen molar-refractivity contribution in [3.8, 4) is 0 Å². The molecule has 1 fully saturated rings. The van der Waals surface area contributed by atoms with E-state index in [1.165, 1.54) is 6.42 Å². The zero-order valence-corrected chi connectivity index (χ0v) is 13.3. The highest BCUT2D eigenvalue weighted by Crippen LogP contribution is 2.14. The lowest BCUT2D eigenvalue weighted by Crippen LogP contribution is -2.38. The topological polar surface area (TPSA) is 57.3 Å². The second kappa shape index (κ2) is 7.41. The molecule has 116 valence electrons. The van der Waals surface area contributed by atoms with E-state index in [0.29, 0.717) is 18.2 Å². The molecule has 0 bridgehead atoms. The molecule has 2 rings (SSSR count). The van der Waals surface area contributed by atoms with Crippen molar-refractivity contribution in [1.82, 2.24) is 15.2 Å². The molecule has 1 aromatic rings. The first-order chi connectivity index (χ1) is 10.1. The fourth-order valence-corrected chi connectivity index (χ4v) is 2.69. The number of nitrogens with one attached hydrogen (secondary N) is 2. The predicted octanol–water partition coefficient (Wildman–Crippen LogP) is 2.04. The van der Waals surface area contributed by atoms with Crippen molar-refractivity contribution >= 4 is 11.7 Å². The molecule has 0 aromatic carbocycles. The molecule has 1 aliphatic heterocycles. The lowest BCUT2D eigenvalue weighted by Gasteiger charge is -2.19. The van der Waals surface area contributed by atoms with Gasteiger partial charge < -0.3 is 15.5 Å². The minimum Gasteiger partial charge on any atom is -0.370 e. The summed E-state index contributed by atoms with van der Waals surface area (Å²) in [5.74, 6) is 0.764. The number of carbonyl (C=O) groups is 1. The number of amides is 1. The predicted molar refractivity (Wildman–Crippen MR) is 85.7 cm³/mol. The highest BCUT2D eigenvalue weighted by molar-refractivity contribution is 5.95. The van der Waals surface area contributed by atoms with Gasteiger partial charge in [0.25, 0.3) is 5.91 Å². The Kier molecular flexibility index (Phi) is 5.56. The molecule has 1 amide bonds. The summed E-state index contributed by atoms with van der Waals surface area (Å²) in [7, 11) is 2.12. The summed E-state index contributed by atoms with van der Waals surface area (Å²) in [6.07, 6.45) is 3.41. The van der Waals surface area contributed by atoms with Crippen molar-refractivity contribution in [1.29, 1.82) is 0 Å². The number of anilines is 1.